The standard InChI is InChI=1S/C14H14ClN5O2/c1-2-17-14(22)20-12-6-11(15)10(8-18-12)13(21)19-9-4-3-5-16-7-9/h3-8H,2H2,1H3,(H,19,21)(H2,17,18,20,22). The first kappa shape index (κ1) is 15.7. The van der Waals surface area contributed by atoms with E-state index in [9.17, 15) is 9.59 Å². The van der Waals surface area contributed by atoms with E-state index in [1.165, 1.54) is 18.5 Å². The second-order valence-corrected chi connectivity index (χ2v) is 4.64. The number of urea groups is 1. The Morgan fingerprint density at radius 1 is 1.27 bits per heavy atom. The Balaban J connectivity index is 2.09. The number of halogens is 1. The lowest BCUT2D eigenvalue weighted by Crippen LogP contribution is -2.28. The molecule has 7 nitrogen and oxygen atoms in total. The lowest BCUT2D eigenvalue weighted by atomic mass is 10.2. The Morgan fingerprint density at radius 2 is 2.09 bits per heavy atom. The summed E-state index contributed by atoms with van der Waals surface area (Å²) in [5.41, 5.74) is 0.750. The number of rotatable bonds is 4. The van der Waals surface area contributed by atoms with Crippen molar-refractivity contribution in [2.75, 3.05) is 17.2 Å². The Labute approximate surface area is 132 Å². The molecule has 0 aliphatic rings. The lowest BCUT2D eigenvalue weighted by Gasteiger charge is -2.08. The van der Waals surface area contributed by atoms with Crippen LogP contribution in [0.25, 0.3) is 0 Å². The van der Waals surface area contributed by atoms with E-state index in [1.807, 2.05) is 0 Å². The van der Waals surface area contributed by atoms with Gasteiger partial charge in [-0.3, -0.25) is 15.1 Å². The SMILES string of the molecule is CCNC(=O)Nc1cc(Cl)c(C(=O)Nc2cccnc2)cn1. The Morgan fingerprint density at radius 3 is 2.73 bits per heavy atom. The highest BCUT2D eigenvalue weighted by molar-refractivity contribution is 6.34. The van der Waals surface area contributed by atoms with E-state index in [-0.39, 0.29) is 16.4 Å². The molecule has 2 heterocycles. The maximum absolute atomic E-state index is 12.1. The van der Waals surface area contributed by atoms with Crippen molar-refractivity contribution in [2.24, 2.45) is 0 Å². The van der Waals surface area contributed by atoms with Crippen LogP contribution in [-0.2, 0) is 0 Å². The highest BCUT2D eigenvalue weighted by atomic mass is 35.5. The molecular weight excluding hydrogens is 306 g/mol. The molecule has 3 amide bonds. The monoisotopic (exact) mass is 319 g/mol. The molecule has 2 rings (SSSR count). The normalized spacial score (nSPS) is 9.91. The molecular formula is C14H14ClN5O2. The summed E-state index contributed by atoms with van der Waals surface area (Å²) in [7, 11) is 0. The van der Waals surface area contributed by atoms with Gasteiger partial charge in [-0.2, -0.15) is 0 Å². The van der Waals surface area contributed by atoms with Crippen LogP contribution >= 0.6 is 11.6 Å². The Hall–Kier alpha value is -2.67. The van der Waals surface area contributed by atoms with Crippen LogP contribution in [0.5, 0.6) is 0 Å². The van der Waals surface area contributed by atoms with Crippen molar-refractivity contribution in [1.29, 1.82) is 0 Å². The minimum Gasteiger partial charge on any atom is -0.338 e. The number of hydrogen-bond acceptors (Lipinski definition) is 4. The summed E-state index contributed by atoms with van der Waals surface area (Å²) in [4.78, 5) is 31.4. The molecule has 3 N–H and O–H groups in total. The van der Waals surface area contributed by atoms with E-state index in [4.69, 9.17) is 11.6 Å². The van der Waals surface area contributed by atoms with Crippen LogP contribution in [0.15, 0.2) is 36.8 Å². The fourth-order valence-electron chi connectivity index (χ4n) is 1.62. The van der Waals surface area contributed by atoms with Gasteiger partial charge < -0.3 is 10.6 Å². The van der Waals surface area contributed by atoms with Crippen LogP contribution in [0.2, 0.25) is 5.02 Å². The molecule has 0 radical (unpaired) electrons. The van der Waals surface area contributed by atoms with Gasteiger partial charge in [0.2, 0.25) is 0 Å². The van der Waals surface area contributed by atoms with Crippen molar-refractivity contribution in [3.05, 3.63) is 47.4 Å². The number of aromatic nitrogens is 2. The Bertz CT molecular complexity index is 678. The summed E-state index contributed by atoms with van der Waals surface area (Å²) in [6, 6.07) is 4.43. The molecule has 0 bridgehead atoms. The smallest absolute Gasteiger partial charge is 0.320 e. The molecule has 0 aromatic carbocycles. The molecule has 0 aliphatic heterocycles. The summed E-state index contributed by atoms with van der Waals surface area (Å²) in [5.74, 6) is -0.149. The van der Waals surface area contributed by atoms with Crippen molar-refractivity contribution in [3.8, 4) is 0 Å². The molecule has 114 valence electrons. The van der Waals surface area contributed by atoms with Crippen LogP contribution in [-0.4, -0.2) is 28.5 Å². The number of hydrogen-bond donors (Lipinski definition) is 3. The first-order valence-electron chi connectivity index (χ1n) is 6.52. The van der Waals surface area contributed by atoms with Gasteiger partial charge in [0.15, 0.2) is 0 Å². The number of amides is 3. The van der Waals surface area contributed by atoms with Gasteiger partial charge in [-0.25, -0.2) is 9.78 Å². The van der Waals surface area contributed by atoms with Gasteiger partial charge in [0, 0.05) is 25.0 Å². The highest BCUT2D eigenvalue weighted by Crippen LogP contribution is 2.19. The molecule has 2 aromatic heterocycles. The third-order valence-electron chi connectivity index (χ3n) is 2.60. The zero-order valence-electron chi connectivity index (χ0n) is 11.8. The molecule has 0 saturated heterocycles. The molecule has 0 atom stereocenters. The van der Waals surface area contributed by atoms with Crippen LogP contribution < -0.4 is 16.0 Å². The van der Waals surface area contributed by atoms with Gasteiger partial charge in [-0.15, -0.1) is 0 Å². The molecule has 0 aliphatic carbocycles. The van der Waals surface area contributed by atoms with E-state index < -0.39 is 11.9 Å². The molecule has 8 heteroatoms. The lowest BCUT2D eigenvalue weighted by molar-refractivity contribution is 0.102. The van der Waals surface area contributed by atoms with Crippen LogP contribution in [0, 0.1) is 0 Å². The van der Waals surface area contributed by atoms with E-state index >= 15 is 0 Å². The maximum Gasteiger partial charge on any atom is 0.320 e. The topological polar surface area (TPSA) is 96.0 Å². The second-order valence-electron chi connectivity index (χ2n) is 4.23. The summed E-state index contributed by atoms with van der Waals surface area (Å²) in [6.45, 7) is 2.29. The van der Waals surface area contributed by atoms with E-state index in [0.29, 0.717) is 12.2 Å². The highest BCUT2D eigenvalue weighted by Gasteiger charge is 2.13. The number of carbonyl (C=O) groups is 2. The minimum atomic E-state index is -0.407. The minimum absolute atomic E-state index is 0.184. The summed E-state index contributed by atoms with van der Waals surface area (Å²) < 4.78 is 0. The first-order valence-corrected chi connectivity index (χ1v) is 6.89. The van der Waals surface area contributed by atoms with Crippen LogP contribution in [0.3, 0.4) is 0 Å². The largest absolute Gasteiger partial charge is 0.338 e. The second kappa shape index (κ2) is 7.37. The average molecular weight is 320 g/mol. The van der Waals surface area contributed by atoms with Gasteiger partial charge >= 0.3 is 6.03 Å². The molecule has 22 heavy (non-hydrogen) atoms. The fourth-order valence-corrected chi connectivity index (χ4v) is 1.86. The predicted molar refractivity (Wildman–Crippen MR) is 84.1 cm³/mol. The van der Waals surface area contributed by atoms with Gasteiger partial charge in [0.1, 0.15) is 5.82 Å². The van der Waals surface area contributed by atoms with Gasteiger partial charge in [0.05, 0.1) is 22.5 Å². The van der Waals surface area contributed by atoms with E-state index in [1.54, 1.807) is 25.3 Å². The Kier molecular flexibility index (Phi) is 5.26. The maximum atomic E-state index is 12.1. The van der Waals surface area contributed by atoms with E-state index in [2.05, 4.69) is 25.9 Å². The molecule has 0 spiro atoms. The van der Waals surface area contributed by atoms with Crippen LogP contribution in [0.1, 0.15) is 17.3 Å². The summed E-state index contributed by atoms with van der Waals surface area (Å²) >= 11 is 6.06. The first-order chi connectivity index (χ1) is 10.6. The number of nitrogens with one attached hydrogen (secondary N) is 3. The number of anilines is 2. The number of nitrogens with zero attached hydrogens (tertiary/aromatic N) is 2. The average Bonchev–Trinajstić information content (AvgIpc) is 2.48. The van der Waals surface area contributed by atoms with Crippen molar-refractivity contribution in [2.45, 2.75) is 6.92 Å². The van der Waals surface area contributed by atoms with Gasteiger partial charge in [-0.1, -0.05) is 11.6 Å². The van der Waals surface area contributed by atoms with E-state index in [0.717, 1.165) is 0 Å². The van der Waals surface area contributed by atoms with Crippen molar-refractivity contribution >= 4 is 35.0 Å². The van der Waals surface area contributed by atoms with Gasteiger partial charge in [-0.05, 0) is 19.1 Å². The molecule has 0 saturated carbocycles. The number of pyridine rings is 2. The third-order valence-corrected chi connectivity index (χ3v) is 2.91. The van der Waals surface area contributed by atoms with Crippen LogP contribution in [0.4, 0.5) is 16.3 Å². The molecule has 0 unspecified atom stereocenters. The van der Waals surface area contributed by atoms with Gasteiger partial charge in [0.25, 0.3) is 5.91 Å². The predicted octanol–water partition coefficient (Wildman–Crippen LogP) is 2.52. The van der Waals surface area contributed by atoms with Crippen molar-refractivity contribution in [1.82, 2.24) is 15.3 Å². The quantitative estimate of drug-likeness (QED) is 0.806. The zero-order chi connectivity index (χ0) is 15.9. The van der Waals surface area contributed by atoms with Crippen molar-refractivity contribution in [3.63, 3.8) is 0 Å². The number of carbonyl (C=O) groups excluding carboxylic acids is 2. The summed E-state index contributed by atoms with van der Waals surface area (Å²) in [6.07, 6.45) is 4.42. The zero-order valence-corrected chi connectivity index (χ0v) is 12.5. The fraction of sp³-hybridized carbons (Fsp3) is 0.143. The molecule has 2 aromatic rings. The summed E-state index contributed by atoms with van der Waals surface area (Å²) in [5, 5.41) is 7.91. The molecule has 0 fully saturated rings. The van der Waals surface area contributed by atoms with Crippen molar-refractivity contribution < 1.29 is 9.59 Å². The third kappa shape index (κ3) is 4.16.